The fraction of sp³-hybridized carbons (Fsp3) is 0.708. The summed E-state index contributed by atoms with van der Waals surface area (Å²) in [6, 6.07) is 7.35. The van der Waals surface area contributed by atoms with Crippen LogP contribution in [0, 0.1) is 5.92 Å². The molecule has 0 unspecified atom stereocenters. The summed E-state index contributed by atoms with van der Waals surface area (Å²) in [4.78, 5) is 16.9. The number of carbonyl (C=O) groups excluding carboxylic acids is 1. The van der Waals surface area contributed by atoms with E-state index < -0.39 is 0 Å². The van der Waals surface area contributed by atoms with Crippen LogP contribution in [0.25, 0.3) is 0 Å². The number of benzene rings is 1. The Morgan fingerprint density at radius 1 is 1.07 bits per heavy atom. The molecule has 1 aliphatic heterocycles. The predicted octanol–water partition coefficient (Wildman–Crippen LogP) is 3.77. The molecule has 1 N–H and O–H groups in total. The largest absolute Gasteiger partial charge is 0.369 e. The average Bonchev–Trinajstić information content (AvgIpc) is 3.22. The summed E-state index contributed by atoms with van der Waals surface area (Å²) in [5.41, 5.74) is 4.73. The van der Waals surface area contributed by atoms with Crippen LogP contribution in [0.1, 0.15) is 63.0 Å². The molecule has 2 aliphatic carbocycles. The monoisotopic (exact) mass is 383 g/mol. The first-order chi connectivity index (χ1) is 13.7. The van der Waals surface area contributed by atoms with Gasteiger partial charge in [-0.25, -0.2) is 0 Å². The van der Waals surface area contributed by atoms with Gasteiger partial charge in [-0.2, -0.15) is 0 Å². The van der Waals surface area contributed by atoms with E-state index in [0.29, 0.717) is 12.5 Å². The van der Waals surface area contributed by atoms with Gasteiger partial charge in [0.25, 0.3) is 0 Å². The second-order valence-corrected chi connectivity index (χ2v) is 9.02. The van der Waals surface area contributed by atoms with Crippen LogP contribution in [-0.4, -0.2) is 49.6 Å². The minimum absolute atomic E-state index is 0.213. The summed E-state index contributed by atoms with van der Waals surface area (Å²) in [6.07, 6.45) is 10.7. The number of hydrogen-bond acceptors (Lipinski definition) is 3. The molecule has 28 heavy (non-hydrogen) atoms. The molecule has 1 amide bonds. The topological polar surface area (TPSA) is 35.6 Å². The molecule has 1 aromatic rings. The van der Waals surface area contributed by atoms with Gasteiger partial charge >= 0.3 is 0 Å². The van der Waals surface area contributed by atoms with Gasteiger partial charge in [0.2, 0.25) is 5.91 Å². The number of anilines is 1. The molecule has 4 nitrogen and oxygen atoms in total. The lowest BCUT2D eigenvalue weighted by Gasteiger charge is -2.38. The van der Waals surface area contributed by atoms with Crippen molar-refractivity contribution < 1.29 is 4.79 Å². The standard InChI is InChI=1S/C24H37N3O/c1-2-24(28)25-21-11-9-19(10-12-21)13-14-26-15-17-27(18-16-26)23-8-4-6-20-5-3-7-22(20)23/h4,6,8,19,21H,2-3,5,7,9-18H2,1H3,(H,25,28). The molecule has 1 aromatic carbocycles. The van der Waals surface area contributed by atoms with E-state index >= 15 is 0 Å². The summed E-state index contributed by atoms with van der Waals surface area (Å²) in [6.45, 7) is 7.93. The molecule has 0 bridgehead atoms. The summed E-state index contributed by atoms with van der Waals surface area (Å²) in [5, 5.41) is 3.18. The van der Waals surface area contributed by atoms with E-state index in [-0.39, 0.29) is 5.91 Å². The molecule has 4 heteroatoms. The Labute approximate surface area is 170 Å². The van der Waals surface area contributed by atoms with Gasteiger partial charge in [-0.05, 0) is 81.0 Å². The third-order valence-electron chi connectivity index (χ3n) is 7.22. The van der Waals surface area contributed by atoms with E-state index in [2.05, 4.69) is 33.3 Å². The summed E-state index contributed by atoms with van der Waals surface area (Å²) in [7, 11) is 0. The molecule has 1 saturated heterocycles. The van der Waals surface area contributed by atoms with Gasteiger partial charge in [-0.3, -0.25) is 9.69 Å². The highest BCUT2D eigenvalue weighted by atomic mass is 16.1. The molecule has 1 heterocycles. The van der Waals surface area contributed by atoms with Crippen molar-refractivity contribution in [2.45, 2.75) is 70.8 Å². The Morgan fingerprint density at radius 2 is 1.86 bits per heavy atom. The first-order valence-electron chi connectivity index (χ1n) is 11.6. The number of hydrogen-bond donors (Lipinski definition) is 1. The summed E-state index contributed by atoms with van der Waals surface area (Å²) < 4.78 is 0. The van der Waals surface area contributed by atoms with E-state index in [0.717, 1.165) is 5.92 Å². The van der Waals surface area contributed by atoms with Crippen LogP contribution in [0.15, 0.2) is 18.2 Å². The highest BCUT2D eigenvalue weighted by Crippen LogP contribution is 2.32. The predicted molar refractivity (Wildman–Crippen MR) is 116 cm³/mol. The van der Waals surface area contributed by atoms with Crippen molar-refractivity contribution in [3.8, 4) is 0 Å². The van der Waals surface area contributed by atoms with Crippen LogP contribution in [-0.2, 0) is 17.6 Å². The molecular weight excluding hydrogens is 346 g/mol. The number of carbonyl (C=O) groups is 1. The number of rotatable bonds is 6. The van der Waals surface area contributed by atoms with Crippen LogP contribution in [0.5, 0.6) is 0 Å². The Hall–Kier alpha value is -1.55. The zero-order valence-electron chi connectivity index (χ0n) is 17.6. The lowest BCUT2D eigenvalue weighted by molar-refractivity contribution is -0.121. The van der Waals surface area contributed by atoms with Crippen LogP contribution in [0.2, 0.25) is 0 Å². The first-order valence-corrected chi connectivity index (χ1v) is 11.6. The number of amides is 1. The molecule has 0 spiro atoms. The number of aryl methyl sites for hydroxylation is 1. The quantitative estimate of drug-likeness (QED) is 0.812. The number of nitrogens with one attached hydrogen (secondary N) is 1. The fourth-order valence-corrected chi connectivity index (χ4v) is 5.40. The zero-order valence-corrected chi connectivity index (χ0v) is 17.6. The Bertz CT molecular complexity index is 658. The van der Waals surface area contributed by atoms with Crippen LogP contribution >= 0.6 is 0 Å². The number of fused-ring (bicyclic) bond motifs is 1. The van der Waals surface area contributed by atoms with Gasteiger partial charge in [0.15, 0.2) is 0 Å². The molecule has 3 aliphatic rings. The normalized spacial score (nSPS) is 25.5. The second-order valence-electron chi connectivity index (χ2n) is 9.02. The average molecular weight is 384 g/mol. The summed E-state index contributed by atoms with van der Waals surface area (Å²) in [5.74, 6) is 1.07. The van der Waals surface area contributed by atoms with Gasteiger partial charge in [-0.1, -0.05) is 19.1 Å². The maximum atomic E-state index is 11.6. The smallest absolute Gasteiger partial charge is 0.219 e. The lowest BCUT2D eigenvalue weighted by atomic mass is 9.84. The Morgan fingerprint density at radius 3 is 2.61 bits per heavy atom. The van der Waals surface area contributed by atoms with Gasteiger partial charge in [0.1, 0.15) is 0 Å². The van der Waals surface area contributed by atoms with Crippen molar-refractivity contribution in [2.75, 3.05) is 37.6 Å². The molecule has 2 fully saturated rings. The first kappa shape index (κ1) is 19.8. The molecule has 154 valence electrons. The molecule has 0 aromatic heterocycles. The van der Waals surface area contributed by atoms with E-state index in [4.69, 9.17) is 0 Å². The highest BCUT2D eigenvalue weighted by molar-refractivity contribution is 5.75. The van der Waals surface area contributed by atoms with Crippen molar-refractivity contribution in [2.24, 2.45) is 5.92 Å². The Kier molecular flexibility index (Phi) is 6.56. The van der Waals surface area contributed by atoms with Crippen LogP contribution in [0.4, 0.5) is 5.69 Å². The van der Waals surface area contributed by atoms with Crippen molar-refractivity contribution in [1.82, 2.24) is 10.2 Å². The van der Waals surface area contributed by atoms with Gasteiger partial charge in [-0.15, -0.1) is 0 Å². The summed E-state index contributed by atoms with van der Waals surface area (Å²) >= 11 is 0. The van der Waals surface area contributed by atoms with Gasteiger partial charge in [0.05, 0.1) is 0 Å². The molecule has 1 saturated carbocycles. The molecular formula is C24H37N3O. The van der Waals surface area contributed by atoms with E-state index in [1.54, 1.807) is 11.1 Å². The third kappa shape index (κ3) is 4.71. The maximum absolute atomic E-state index is 11.6. The minimum Gasteiger partial charge on any atom is -0.369 e. The van der Waals surface area contributed by atoms with Crippen molar-refractivity contribution >= 4 is 11.6 Å². The fourth-order valence-electron chi connectivity index (χ4n) is 5.40. The van der Waals surface area contributed by atoms with Crippen LogP contribution in [0.3, 0.4) is 0 Å². The van der Waals surface area contributed by atoms with E-state index in [9.17, 15) is 4.79 Å². The Balaban J connectivity index is 1.18. The van der Waals surface area contributed by atoms with E-state index in [1.165, 1.54) is 89.8 Å². The van der Waals surface area contributed by atoms with Crippen molar-refractivity contribution in [3.63, 3.8) is 0 Å². The van der Waals surface area contributed by atoms with Crippen LogP contribution < -0.4 is 10.2 Å². The van der Waals surface area contributed by atoms with Crippen molar-refractivity contribution in [3.05, 3.63) is 29.3 Å². The van der Waals surface area contributed by atoms with E-state index in [1.807, 2.05) is 6.92 Å². The maximum Gasteiger partial charge on any atom is 0.219 e. The molecule has 0 atom stereocenters. The second kappa shape index (κ2) is 9.30. The number of piperazine rings is 1. The zero-order chi connectivity index (χ0) is 19.3. The number of nitrogens with zero attached hydrogens (tertiary/aromatic N) is 2. The minimum atomic E-state index is 0.213. The third-order valence-corrected chi connectivity index (χ3v) is 7.22. The lowest BCUT2D eigenvalue weighted by Crippen LogP contribution is -2.47. The molecule has 0 radical (unpaired) electrons. The van der Waals surface area contributed by atoms with Crippen molar-refractivity contribution in [1.29, 1.82) is 0 Å². The molecule has 4 rings (SSSR count). The van der Waals surface area contributed by atoms with Gasteiger partial charge in [0, 0.05) is 44.3 Å². The van der Waals surface area contributed by atoms with Gasteiger partial charge < -0.3 is 10.2 Å². The highest BCUT2D eigenvalue weighted by Gasteiger charge is 2.25. The SMILES string of the molecule is CCC(=O)NC1CCC(CCN2CCN(c3cccc4c3CCC4)CC2)CC1.